The number of phenols is 1. The van der Waals surface area contributed by atoms with Crippen LogP contribution in [-0.4, -0.2) is 10.0 Å². The Balaban J connectivity index is 3.00. The van der Waals surface area contributed by atoms with Crippen LogP contribution in [0, 0.1) is 15.9 Å². The van der Waals surface area contributed by atoms with E-state index in [-0.39, 0.29) is 11.3 Å². The van der Waals surface area contributed by atoms with E-state index in [4.69, 9.17) is 5.11 Å². The van der Waals surface area contributed by atoms with E-state index < -0.39 is 10.7 Å². The minimum Gasteiger partial charge on any atom is -0.507 e. The summed E-state index contributed by atoms with van der Waals surface area (Å²) in [6.07, 6.45) is 1.66. The standard InChI is InChI=1S/C8H6FNO3/c9-7-1-2-8(11)6(5-7)3-4-10(12)13/h1-5,11H. The Morgan fingerprint density at radius 1 is 1.54 bits per heavy atom. The fourth-order valence-electron chi connectivity index (χ4n) is 0.800. The van der Waals surface area contributed by atoms with Crippen LogP contribution in [0.2, 0.25) is 0 Å². The van der Waals surface area contributed by atoms with E-state index in [0.29, 0.717) is 6.20 Å². The zero-order chi connectivity index (χ0) is 9.84. The third kappa shape index (κ3) is 2.55. The van der Waals surface area contributed by atoms with Crippen molar-refractivity contribution in [2.45, 2.75) is 0 Å². The van der Waals surface area contributed by atoms with Crippen molar-refractivity contribution in [1.82, 2.24) is 0 Å². The third-order valence-corrected chi connectivity index (χ3v) is 1.37. The van der Waals surface area contributed by atoms with Crippen molar-refractivity contribution in [3.8, 4) is 5.75 Å². The molecule has 0 bridgehead atoms. The minimum atomic E-state index is -0.690. The van der Waals surface area contributed by atoms with Crippen LogP contribution in [0.4, 0.5) is 4.39 Å². The summed E-state index contributed by atoms with van der Waals surface area (Å²) >= 11 is 0. The summed E-state index contributed by atoms with van der Waals surface area (Å²) in [6, 6.07) is 3.21. The molecule has 0 amide bonds. The first kappa shape index (κ1) is 9.18. The highest BCUT2D eigenvalue weighted by molar-refractivity contribution is 5.55. The second-order valence-corrected chi connectivity index (χ2v) is 2.30. The smallest absolute Gasteiger partial charge is 0.235 e. The molecule has 1 rings (SSSR count). The van der Waals surface area contributed by atoms with Crippen molar-refractivity contribution in [1.29, 1.82) is 0 Å². The van der Waals surface area contributed by atoms with Gasteiger partial charge in [-0.3, -0.25) is 10.1 Å². The van der Waals surface area contributed by atoms with E-state index in [9.17, 15) is 14.5 Å². The molecule has 1 aromatic rings. The topological polar surface area (TPSA) is 63.4 Å². The average molecular weight is 183 g/mol. The molecule has 4 nitrogen and oxygen atoms in total. The number of benzene rings is 1. The molecule has 0 aliphatic heterocycles. The molecule has 1 aromatic carbocycles. The second kappa shape index (κ2) is 3.66. The van der Waals surface area contributed by atoms with E-state index >= 15 is 0 Å². The Labute approximate surface area is 73.1 Å². The first-order valence-corrected chi connectivity index (χ1v) is 3.40. The summed E-state index contributed by atoms with van der Waals surface area (Å²) in [5.41, 5.74) is 0.0803. The van der Waals surface area contributed by atoms with Crippen LogP contribution >= 0.6 is 0 Å². The molecule has 0 aliphatic carbocycles. The predicted molar refractivity (Wildman–Crippen MR) is 44.1 cm³/mol. The van der Waals surface area contributed by atoms with Crippen molar-refractivity contribution >= 4 is 6.08 Å². The molecular weight excluding hydrogens is 177 g/mol. The molecule has 0 atom stereocenters. The molecule has 13 heavy (non-hydrogen) atoms. The summed E-state index contributed by atoms with van der Waals surface area (Å²) < 4.78 is 12.6. The first-order valence-electron chi connectivity index (χ1n) is 3.40. The molecule has 0 heterocycles. The molecule has 68 valence electrons. The molecule has 0 spiro atoms. The van der Waals surface area contributed by atoms with Gasteiger partial charge >= 0.3 is 0 Å². The van der Waals surface area contributed by atoms with Gasteiger partial charge in [0.1, 0.15) is 11.6 Å². The van der Waals surface area contributed by atoms with Crippen LogP contribution < -0.4 is 0 Å². The maximum absolute atomic E-state index is 12.6. The minimum absolute atomic E-state index is 0.0803. The number of hydrogen-bond acceptors (Lipinski definition) is 3. The lowest BCUT2D eigenvalue weighted by atomic mass is 10.2. The Morgan fingerprint density at radius 3 is 2.85 bits per heavy atom. The average Bonchev–Trinajstić information content (AvgIpc) is 2.06. The summed E-state index contributed by atoms with van der Waals surface area (Å²) in [7, 11) is 0. The van der Waals surface area contributed by atoms with Gasteiger partial charge in [-0.25, -0.2) is 4.39 Å². The number of phenolic OH excluding ortho intramolecular Hbond substituents is 1. The zero-order valence-corrected chi connectivity index (χ0v) is 6.48. The highest BCUT2D eigenvalue weighted by Crippen LogP contribution is 2.18. The largest absolute Gasteiger partial charge is 0.507 e. The first-order chi connectivity index (χ1) is 6.09. The SMILES string of the molecule is O=[N+]([O-])C=Cc1cc(F)ccc1O. The van der Waals surface area contributed by atoms with Gasteiger partial charge in [0.25, 0.3) is 0 Å². The summed E-state index contributed by atoms with van der Waals surface area (Å²) in [5.74, 6) is -0.750. The van der Waals surface area contributed by atoms with Gasteiger partial charge in [-0.2, -0.15) is 0 Å². The van der Waals surface area contributed by atoms with E-state index in [1.54, 1.807) is 0 Å². The number of nitrogens with zero attached hydrogens (tertiary/aromatic N) is 1. The molecule has 1 N–H and O–H groups in total. The molecule has 5 heteroatoms. The van der Waals surface area contributed by atoms with Crippen molar-refractivity contribution in [3.63, 3.8) is 0 Å². The molecule has 0 saturated carbocycles. The van der Waals surface area contributed by atoms with Crippen molar-refractivity contribution in [2.75, 3.05) is 0 Å². The van der Waals surface area contributed by atoms with Gasteiger partial charge in [-0.15, -0.1) is 0 Å². The maximum Gasteiger partial charge on any atom is 0.235 e. The van der Waals surface area contributed by atoms with Gasteiger partial charge in [0, 0.05) is 11.6 Å². The number of nitro groups is 1. The maximum atomic E-state index is 12.6. The van der Waals surface area contributed by atoms with Gasteiger partial charge in [-0.1, -0.05) is 0 Å². The molecular formula is C8H6FNO3. The van der Waals surface area contributed by atoms with Crippen molar-refractivity contribution in [3.05, 3.63) is 45.9 Å². The number of hydrogen-bond donors (Lipinski definition) is 1. The van der Waals surface area contributed by atoms with Gasteiger partial charge in [0.2, 0.25) is 6.20 Å². The third-order valence-electron chi connectivity index (χ3n) is 1.37. The Bertz CT molecular complexity index is 362. The summed E-state index contributed by atoms with van der Waals surface area (Å²) in [6.45, 7) is 0. The zero-order valence-electron chi connectivity index (χ0n) is 6.48. The number of halogens is 1. The van der Waals surface area contributed by atoms with Crippen LogP contribution in [0.3, 0.4) is 0 Å². The lowest BCUT2D eigenvalue weighted by Crippen LogP contribution is -1.83. The van der Waals surface area contributed by atoms with Crippen molar-refractivity contribution < 1.29 is 14.4 Å². The lowest BCUT2D eigenvalue weighted by Gasteiger charge is -1.96. The molecule has 0 radical (unpaired) electrons. The van der Waals surface area contributed by atoms with Gasteiger partial charge in [0.15, 0.2) is 0 Å². The Morgan fingerprint density at radius 2 is 2.23 bits per heavy atom. The highest BCUT2D eigenvalue weighted by Gasteiger charge is 2.00. The Hall–Kier alpha value is -1.91. The Kier molecular flexibility index (Phi) is 2.59. The number of aromatic hydroxyl groups is 1. The van der Waals surface area contributed by atoms with Crippen LogP contribution in [0.5, 0.6) is 5.75 Å². The summed E-state index contributed by atoms with van der Waals surface area (Å²) in [4.78, 5) is 9.22. The fourth-order valence-corrected chi connectivity index (χ4v) is 0.800. The van der Waals surface area contributed by atoms with Crippen LogP contribution in [0.25, 0.3) is 6.08 Å². The molecule has 0 saturated heterocycles. The molecule has 0 aliphatic rings. The lowest BCUT2D eigenvalue weighted by molar-refractivity contribution is -0.400. The highest BCUT2D eigenvalue weighted by atomic mass is 19.1. The quantitative estimate of drug-likeness (QED) is 0.561. The van der Waals surface area contributed by atoms with Crippen LogP contribution in [-0.2, 0) is 0 Å². The van der Waals surface area contributed by atoms with E-state index in [1.165, 1.54) is 0 Å². The molecule has 0 unspecified atom stereocenters. The van der Waals surface area contributed by atoms with Gasteiger partial charge in [0.05, 0.1) is 4.92 Å². The van der Waals surface area contributed by atoms with Crippen molar-refractivity contribution in [2.24, 2.45) is 0 Å². The van der Waals surface area contributed by atoms with Crippen LogP contribution in [0.15, 0.2) is 24.4 Å². The number of rotatable bonds is 2. The van der Waals surface area contributed by atoms with E-state index in [2.05, 4.69) is 0 Å². The van der Waals surface area contributed by atoms with Gasteiger partial charge < -0.3 is 5.11 Å². The normalized spacial score (nSPS) is 10.5. The second-order valence-electron chi connectivity index (χ2n) is 2.30. The predicted octanol–water partition coefficient (Wildman–Crippen LogP) is 1.78. The monoisotopic (exact) mass is 183 g/mol. The molecule has 0 aromatic heterocycles. The fraction of sp³-hybridized carbons (Fsp3) is 0. The van der Waals surface area contributed by atoms with Crippen LogP contribution in [0.1, 0.15) is 5.56 Å². The summed E-state index contributed by atoms with van der Waals surface area (Å²) in [5, 5.41) is 19.0. The van der Waals surface area contributed by atoms with E-state index in [0.717, 1.165) is 24.3 Å². The van der Waals surface area contributed by atoms with E-state index in [1.807, 2.05) is 0 Å². The van der Waals surface area contributed by atoms with Gasteiger partial charge in [-0.05, 0) is 18.2 Å². The molecule has 0 fully saturated rings.